The van der Waals surface area contributed by atoms with Crippen LogP contribution < -0.4 is 4.90 Å². The lowest BCUT2D eigenvalue weighted by molar-refractivity contribution is -0.142. The van der Waals surface area contributed by atoms with Gasteiger partial charge in [0.15, 0.2) is 0 Å². The van der Waals surface area contributed by atoms with E-state index in [-0.39, 0.29) is 11.9 Å². The number of thiol groups is 1. The normalized spacial score (nSPS) is 25.2. The van der Waals surface area contributed by atoms with Crippen molar-refractivity contribution in [1.82, 2.24) is 4.98 Å². The molecule has 3 atom stereocenters. The van der Waals surface area contributed by atoms with E-state index in [1.54, 1.807) is 12.1 Å². The molecule has 0 radical (unpaired) electrons. The van der Waals surface area contributed by atoms with Crippen LogP contribution in [0, 0.1) is 17.8 Å². The van der Waals surface area contributed by atoms with E-state index in [9.17, 15) is 9.59 Å². The van der Waals surface area contributed by atoms with Crippen molar-refractivity contribution in [3.8, 4) is 0 Å². The molecule has 0 unspecified atom stereocenters. The van der Waals surface area contributed by atoms with E-state index in [1.807, 2.05) is 20.8 Å². The number of hydrogen-bond donors (Lipinski definition) is 1. The molecule has 6 nitrogen and oxygen atoms in total. The number of pyridine rings is 1. The van der Waals surface area contributed by atoms with E-state index >= 15 is 0 Å². The Kier molecular flexibility index (Phi) is 4.23. The van der Waals surface area contributed by atoms with Gasteiger partial charge in [0, 0.05) is 13.1 Å². The number of hydrogen-bond acceptors (Lipinski definition) is 7. The molecule has 0 bridgehead atoms. The molecule has 1 saturated heterocycles. The predicted molar refractivity (Wildman–Crippen MR) is 91.4 cm³/mol. The second-order valence-corrected chi connectivity index (χ2v) is 7.75. The van der Waals surface area contributed by atoms with E-state index < -0.39 is 11.6 Å². The van der Waals surface area contributed by atoms with Crippen molar-refractivity contribution in [3.63, 3.8) is 0 Å². The van der Waals surface area contributed by atoms with Crippen LogP contribution in [-0.4, -0.2) is 42.7 Å². The Balaban J connectivity index is 1.67. The minimum Gasteiger partial charge on any atom is -0.469 e. The molecule has 2 heterocycles. The number of fused-ring (bicyclic) bond motifs is 1. The van der Waals surface area contributed by atoms with E-state index in [2.05, 4.69) is 22.5 Å². The van der Waals surface area contributed by atoms with Gasteiger partial charge in [-0.1, -0.05) is 0 Å². The molecule has 2 fully saturated rings. The summed E-state index contributed by atoms with van der Waals surface area (Å²) in [7, 11) is 1.43. The Labute approximate surface area is 146 Å². The maximum atomic E-state index is 12.1. The van der Waals surface area contributed by atoms with Crippen molar-refractivity contribution in [3.05, 3.63) is 17.7 Å². The fraction of sp³-hybridized carbons (Fsp3) is 0.588. The first-order chi connectivity index (χ1) is 11.2. The molecule has 1 aromatic heterocycles. The number of carbonyl (C=O) groups is 2. The van der Waals surface area contributed by atoms with Crippen LogP contribution in [-0.2, 0) is 14.3 Å². The molecule has 0 amide bonds. The van der Waals surface area contributed by atoms with Gasteiger partial charge in [-0.2, -0.15) is 0 Å². The van der Waals surface area contributed by atoms with Crippen LogP contribution in [0.3, 0.4) is 0 Å². The monoisotopic (exact) mass is 350 g/mol. The van der Waals surface area contributed by atoms with E-state index in [0.717, 1.165) is 18.9 Å². The molecule has 130 valence electrons. The molecule has 24 heavy (non-hydrogen) atoms. The molecule has 3 rings (SSSR count). The molecule has 1 aliphatic heterocycles. The number of nitrogens with zero attached hydrogens (tertiary/aromatic N) is 2. The third-order valence-electron chi connectivity index (χ3n) is 4.47. The lowest BCUT2D eigenvalue weighted by atomic mass is 10.2. The molecule has 0 aromatic carbocycles. The molecule has 0 N–H and O–H groups in total. The van der Waals surface area contributed by atoms with E-state index in [4.69, 9.17) is 9.47 Å². The van der Waals surface area contributed by atoms with Crippen LogP contribution in [0.4, 0.5) is 5.82 Å². The summed E-state index contributed by atoms with van der Waals surface area (Å²) in [5.74, 6) is 0.932. The summed E-state index contributed by atoms with van der Waals surface area (Å²) in [6.07, 6.45) is 0. The Hall–Kier alpha value is -1.76. The van der Waals surface area contributed by atoms with Crippen molar-refractivity contribution >= 4 is 30.4 Å². The average molecular weight is 350 g/mol. The van der Waals surface area contributed by atoms with E-state index in [1.165, 1.54) is 7.11 Å². The second-order valence-electron chi connectivity index (χ2n) is 7.32. The number of anilines is 1. The van der Waals surface area contributed by atoms with Crippen LogP contribution in [0.5, 0.6) is 0 Å². The van der Waals surface area contributed by atoms with Gasteiger partial charge in [0.2, 0.25) is 0 Å². The number of carbonyl (C=O) groups excluding carboxylic acids is 2. The lowest BCUT2D eigenvalue weighted by Crippen LogP contribution is -2.28. The van der Waals surface area contributed by atoms with Gasteiger partial charge < -0.3 is 14.4 Å². The first kappa shape index (κ1) is 17.1. The molecule has 1 aliphatic carbocycles. The quantitative estimate of drug-likeness (QED) is 0.666. The van der Waals surface area contributed by atoms with Crippen LogP contribution >= 0.6 is 12.6 Å². The number of ether oxygens (including phenoxy) is 2. The Morgan fingerprint density at radius 1 is 1.25 bits per heavy atom. The number of rotatable bonds is 3. The third kappa shape index (κ3) is 3.22. The average Bonchev–Trinajstić information content (AvgIpc) is 2.98. The van der Waals surface area contributed by atoms with Crippen LogP contribution in [0.1, 0.15) is 31.1 Å². The first-order valence-electron chi connectivity index (χ1n) is 7.97. The zero-order valence-corrected chi connectivity index (χ0v) is 15.2. The van der Waals surface area contributed by atoms with Crippen molar-refractivity contribution in [2.45, 2.75) is 31.4 Å². The molecule has 7 heteroatoms. The van der Waals surface area contributed by atoms with Crippen molar-refractivity contribution < 1.29 is 19.1 Å². The molecular weight excluding hydrogens is 328 g/mol. The maximum absolute atomic E-state index is 12.1. The highest BCUT2D eigenvalue weighted by Gasteiger charge is 2.60. The van der Waals surface area contributed by atoms with Gasteiger partial charge in [-0.15, -0.1) is 12.6 Å². The van der Waals surface area contributed by atoms with Crippen molar-refractivity contribution in [1.29, 1.82) is 0 Å². The number of esters is 2. The van der Waals surface area contributed by atoms with Gasteiger partial charge in [-0.05, 0) is 44.7 Å². The predicted octanol–water partition coefficient (Wildman–Crippen LogP) is 2.18. The fourth-order valence-electron chi connectivity index (χ4n) is 3.31. The summed E-state index contributed by atoms with van der Waals surface area (Å²) in [5, 5.41) is 0.354. The van der Waals surface area contributed by atoms with Crippen molar-refractivity contribution in [2.75, 3.05) is 25.1 Å². The molecule has 1 saturated carbocycles. The maximum Gasteiger partial charge on any atom is 0.341 e. The van der Waals surface area contributed by atoms with Gasteiger partial charge in [0.05, 0.1) is 18.6 Å². The summed E-state index contributed by atoms with van der Waals surface area (Å²) in [5.41, 5.74) is -0.205. The van der Waals surface area contributed by atoms with Gasteiger partial charge >= 0.3 is 11.9 Å². The van der Waals surface area contributed by atoms with Gasteiger partial charge in [0.1, 0.15) is 16.4 Å². The standard InChI is InChI=1S/C17H22N2O4S/c1-17(2,3)23-15(20)9-5-6-12(18-14(9)24)19-7-10-11(8-19)13(10)16(21)22-4/h5-6,10-11,13H,7-8H2,1-4H3,(H,18,24)/t10-,11+,13+. The van der Waals surface area contributed by atoms with Crippen LogP contribution in [0.25, 0.3) is 0 Å². The molecule has 2 aliphatic rings. The highest BCUT2D eigenvalue weighted by molar-refractivity contribution is 7.80. The molecular formula is C17H22N2O4S. The fourth-order valence-corrected chi connectivity index (χ4v) is 3.57. The third-order valence-corrected chi connectivity index (χ3v) is 4.81. The van der Waals surface area contributed by atoms with Gasteiger partial charge in [0.25, 0.3) is 0 Å². The number of aromatic nitrogens is 1. The highest BCUT2D eigenvalue weighted by Crippen LogP contribution is 2.52. The van der Waals surface area contributed by atoms with E-state index in [0.29, 0.717) is 22.4 Å². The number of piperidine rings is 1. The number of methoxy groups -OCH3 is 1. The topological polar surface area (TPSA) is 68.7 Å². The Morgan fingerprint density at radius 2 is 1.88 bits per heavy atom. The summed E-state index contributed by atoms with van der Waals surface area (Å²) < 4.78 is 10.2. The first-order valence-corrected chi connectivity index (χ1v) is 8.42. The van der Waals surface area contributed by atoms with Crippen LogP contribution in [0.15, 0.2) is 17.2 Å². The zero-order chi connectivity index (χ0) is 17.6. The van der Waals surface area contributed by atoms with Crippen molar-refractivity contribution in [2.24, 2.45) is 17.8 Å². The summed E-state index contributed by atoms with van der Waals surface area (Å²) >= 11 is 4.34. The highest BCUT2D eigenvalue weighted by atomic mass is 32.1. The van der Waals surface area contributed by atoms with Gasteiger partial charge in [-0.3, -0.25) is 4.79 Å². The Morgan fingerprint density at radius 3 is 2.38 bits per heavy atom. The van der Waals surface area contributed by atoms with Gasteiger partial charge in [-0.25, -0.2) is 9.78 Å². The van der Waals surface area contributed by atoms with Crippen LogP contribution in [0.2, 0.25) is 0 Å². The summed E-state index contributed by atoms with van der Waals surface area (Å²) in [6.45, 7) is 7.00. The second kappa shape index (κ2) is 5.95. The molecule has 0 spiro atoms. The summed E-state index contributed by atoms with van der Waals surface area (Å²) in [4.78, 5) is 30.3. The largest absolute Gasteiger partial charge is 0.469 e. The minimum atomic E-state index is -0.560. The SMILES string of the molecule is COC(=O)[C@H]1[C@@H]2CN(c3ccc(C(=O)OC(C)(C)C)c(S)n3)C[C@@H]21. The Bertz CT molecular complexity index is 674. The lowest BCUT2D eigenvalue weighted by Gasteiger charge is -2.22. The summed E-state index contributed by atoms with van der Waals surface area (Å²) in [6, 6.07) is 3.50. The minimum absolute atomic E-state index is 0.0303. The smallest absolute Gasteiger partial charge is 0.341 e. The zero-order valence-electron chi connectivity index (χ0n) is 14.3. The molecule has 1 aromatic rings.